The number of nitrogens with zero attached hydrogens (tertiary/aromatic N) is 4. The molecule has 5 rings (SSSR count). The van der Waals surface area contributed by atoms with Crippen LogP contribution in [0.25, 0.3) is 10.3 Å². The van der Waals surface area contributed by atoms with Gasteiger partial charge >= 0.3 is 0 Å². The number of carbonyl (C=O) groups excluding carboxylic acids is 1. The highest BCUT2D eigenvalue weighted by molar-refractivity contribution is 7.19. The molecule has 2 aliphatic rings. The Labute approximate surface area is 174 Å². The predicted octanol–water partition coefficient (Wildman–Crippen LogP) is 3.58. The smallest absolute Gasteiger partial charge is 0.281 e. The summed E-state index contributed by atoms with van der Waals surface area (Å²) in [6.45, 7) is 6.87. The minimum Gasteiger partial charge on any atom is -0.431 e. The molecule has 1 aromatic carbocycles. The van der Waals surface area contributed by atoms with Gasteiger partial charge in [-0.3, -0.25) is 9.69 Å². The van der Waals surface area contributed by atoms with E-state index in [0.717, 1.165) is 42.2 Å². The van der Waals surface area contributed by atoms with Crippen molar-refractivity contribution in [1.82, 2.24) is 19.8 Å². The quantitative estimate of drug-likeness (QED) is 0.646. The lowest BCUT2D eigenvalue weighted by Crippen LogP contribution is -2.48. The summed E-state index contributed by atoms with van der Waals surface area (Å²) in [6, 6.07) is 13.0. The van der Waals surface area contributed by atoms with Gasteiger partial charge in [0, 0.05) is 44.8 Å². The number of thiazole rings is 1. The summed E-state index contributed by atoms with van der Waals surface area (Å²) in [6.07, 6.45) is 2.77. The molecule has 2 aliphatic heterocycles. The second-order valence-corrected chi connectivity index (χ2v) is 8.90. The van der Waals surface area contributed by atoms with Gasteiger partial charge in [0.2, 0.25) is 5.91 Å². The zero-order valence-electron chi connectivity index (χ0n) is 16.6. The first kappa shape index (κ1) is 18.5. The van der Waals surface area contributed by atoms with Crippen LogP contribution < -0.4 is 4.74 Å². The van der Waals surface area contributed by atoms with E-state index >= 15 is 0 Å². The largest absolute Gasteiger partial charge is 0.431 e. The number of hydrogen-bond acceptors (Lipinski definition) is 6. The average Bonchev–Trinajstić information content (AvgIpc) is 3.37. The minimum atomic E-state index is 0.212. The van der Waals surface area contributed by atoms with E-state index in [1.54, 1.807) is 13.1 Å². The van der Waals surface area contributed by atoms with Crippen molar-refractivity contribution < 1.29 is 9.53 Å². The third kappa shape index (κ3) is 3.49. The summed E-state index contributed by atoms with van der Waals surface area (Å²) in [4.78, 5) is 26.0. The van der Waals surface area contributed by atoms with E-state index in [2.05, 4.69) is 38.8 Å². The molecule has 2 fully saturated rings. The third-order valence-electron chi connectivity index (χ3n) is 6.26. The Morgan fingerprint density at radius 2 is 2.03 bits per heavy atom. The molecule has 2 unspecified atom stereocenters. The van der Waals surface area contributed by atoms with Crippen molar-refractivity contribution in [1.29, 1.82) is 0 Å². The lowest BCUT2D eigenvalue weighted by atomic mass is 10.0. The number of rotatable bonds is 5. The number of amides is 1. The molecule has 0 saturated carbocycles. The SMILES string of the molecule is CC(=O)N1CC2C(C)[C@H]1CN2CCc1ccc(Oc2nc3cccnc3s2)cc1. The Balaban J connectivity index is 1.18. The van der Waals surface area contributed by atoms with Gasteiger partial charge in [-0.1, -0.05) is 30.4 Å². The van der Waals surface area contributed by atoms with Gasteiger partial charge in [-0.2, -0.15) is 0 Å². The van der Waals surface area contributed by atoms with Gasteiger partial charge in [0.1, 0.15) is 16.1 Å². The van der Waals surface area contributed by atoms with E-state index < -0.39 is 0 Å². The Hall–Kier alpha value is -2.51. The van der Waals surface area contributed by atoms with E-state index in [9.17, 15) is 4.79 Å². The number of hydrogen-bond donors (Lipinski definition) is 0. The molecular formula is C22H24N4O2S. The predicted molar refractivity (Wildman–Crippen MR) is 113 cm³/mol. The van der Waals surface area contributed by atoms with Crippen LogP contribution in [0.15, 0.2) is 42.6 Å². The lowest BCUT2D eigenvalue weighted by Gasteiger charge is -2.33. The van der Waals surface area contributed by atoms with Crippen molar-refractivity contribution >= 4 is 27.6 Å². The highest BCUT2D eigenvalue weighted by atomic mass is 32.1. The summed E-state index contributed by atoms with van der Waals surface area (Å²) in [5.74, 6) is 1.57. The summed E-state index contributed by atoms with van der Waals surface area (Å²) < 4.78 is 5.90. The van der Waals surface area contributed by atoms with Crippen LogP contribution in [0, 0.1) is 5.92 Å². The van der Waals surface area contributed by atoms with Crippen LogP contribution in [0.5, 0.6) is 10.9 Å². The van der Waals surface area contributed by atoms with Crippen LogP contribution in [0.3, 0.4) is 0 Å². The number of pyridine rings is 1. The van der Waals surface area contributed by atoms with Crippen LogP contribution in [0.4, 0.5) is 0 Å². The van der Waals surface area contributed by atoms with Crippen molar-refractivity contribution in [2.24, 2.45) is 5.92 Å². The molecule has 2 bridgehead atoms. The van der Waals surface area contributed by atoms with Crippen LogP contribution in [-0.2, 0) is 11.2 Å². The number of benzene rings is 1. The Kier molecular flexibility index (Phi) is 4.72. The lowest BCUT2D eigenvalue weighted by molar-refractivity contribution is -0.131. The maximum Gasteiger partial charge on any atom is 0.281 e. The van der Waals surface area contributed by atoms with Gasteiger partial charge in [0.05, 0.1) is 0 Å². The second kappa shape index (κ2) is 7.39. The molecule has 2 saturated heterocycles. The monoisotopic (exact) mass is 408 g/mol. The highest BCUT2D eigenvalue weighted by Gasteiger charge is 2.49. The molecule has 2 aromatic heterocycles. The van der Waals surface area contributed by atoms with E-state index in [4.69, 9.17) is 4.74 Å². The van der Waals surface area contributed by atoms with Crippen molar-refractivity contribution in [3.63, 3.8) is 0 Å². The van der Waals surface area contributed by atoms with E-state index in [-0.39, 0.29) is 5.91 Å². The van der Waals surface area contributed by atoms with Gasteiger partial charge in [-0.15, -0.1) is 0 Å². The fraction of sp³-hybridized carbons (Fsp3) is 0.409. The first-order valence-electron chi connectivity index (χ1n) is 10.1. The number of likely N-dealkylation sites (tertiary alicyclic amines) is 2. The van der Waals surface area contributed by atoms with Crippen molar-refractivity contribution in [2.45, 2.75) is 32.4 Å². The molecule has 150 valence electrons. The summed E-state index contributed by atoms with van der Waals surface area (Å²) in [5, 5.41) is 0.614. The maximum absolute atomic E-state index is 11.8. The Morgan fingerprint density at radius 3 is 2.72 bits per heavy atom. The van der Waals surface area contributed by atoms with Crippen molar-refractivity contribution in [3.05, 3.63) is 48.2 Å². The molecule has 6 nitrogen and oxygen atoms in total. The maximum atomic E-state index is 11.8. The van der Waals surface area contributed by atoms with Gasteiger partial charge in [-0.05, 0) is 42.2 Å². The number of aromatic nitrogens is 2. The van der Waals surface area contributed by atoms with Gasteiger partial charge in [0.15, 0.2) is 0 Å². The van der Waals surface area contributed by atoms with Crippen molar-refractivity contribution in [2.75, 3.05) is 19.6 Å². The van der Waals surface area contributed by atoms with E-state index in [0.29, 0.717) is 23.2 Å². The minimum absolute atomic E-state index is 0.212. The fourth-order valence-electron chi connectivity index (χ4n) is 4.64. The molecule has 0 radical (unpaired) electrons. The number of piperazine rings is 1. The average molecular weight is 409 g/mol. The zero-order chi connectivity index (χ0) is 20.0. The highest BCUT2D eigenvalue weighted by Crippen LogP contribution is 2.36. The fourth-order valence-corrected chi connectivity index (χ4v) is 5.42. The molecule has 7 heteroatoms. The summed E-state index contributed by atoms with van der Waals surface area (Å²) >= 11 is 1.45. The molecule has 3 aromatic rings. The third-order valence-corrected chi connectivity index (χ3v) is 7.11. The molecule has 0 N–H and O–H groups in total. The number of ether oxygens (including phenoxy) is 1. The standard InChI is InChI=1S/C22H24N4O2S/c1-14-19-13-26(15(2)27)20(14)12-25(19)11-9-16-5-7-17(8-6-16)28-22-24-18-4-3-10-23-21(18)29-22/h3-8,10,14,19-20H,9,11-13H2,1-2H3/t14?,19?,20-/m1/s1. The second-order valence-electron chi connectivity index (χ2n) is 7.96. The zero-order valence-corrected chi connectivity index (χ0v) is 17.4. The van der Waals surface area contributed by atoms with Crippen LogP contribution in [0.1, 0.15) is 19.4 Å². The Bertz CT molecular complexity index is 1000. The first-order chi connectivity index (χ1) is 14.1. The number of fused-ring (bicyclic) bond motifs is 3. The van der Waals surface area contributed by atoms with Gasteiger partial charge in [0.25, 0.3) is 5.19 Å². The topological polar surface area (TPSA) is 58.6 Å². The normalized spacial score (nSPS) is 23.8. The van der Waals surface area contributed by atoms with E-state index in [1.807, 2.05) is 24.3 Å². The first-order valence-corrected chi connectivity index (χ1v) is 10.9. The van der Waals surface area contributed by atoms with Crippen LogP contribution in [0.2, 0.25) is 0 Å². The van der Waals surface area contributed by atoms with Crippen LogP contribution >= 0.6 is 11.3 Å². The van der Waals surface area contributed by atoms with Gasteiger partial charge < -0.3 is 9.64 Å². The number of carbonyl (C=O) groups is 1. The Morgan fingerprint density at radius 1 is 1.21 bits per heavy atom. The van der Waals surface area contributed by atoms with E-state index in [1.165, 1.54) is 16.9 Å². The van der Waals surface area contributed by atoms with Crippen LogP contribution in [-0.4, -0.2) is 57.4 Å². The van der Waals surface area contributed by atoms with Gasteiger partial charge in [-0.25, -0.2) is 9.97 Å². The molecule has 3 atom stereocenters. The molecule has 0 aliphatic carbocycles. The molecule has 4 heterocycles. The van der Waals surface area contributed by atoms with Crippen molar-refractivity contribution in [3.8, 4) is 10.9 Å². The summed E-state index contributed by atoms with van der Waals surface area (Å²) in [7, 11) is 0. The molecule has 1 amide bonds. The molecule has 0 spiro atoms. The molecular weight excluding hydrogens is 384 g/mol. The summed E-state index contributed by atoms with van der Waals surface area (Å²) in [5.41, 5.74) is 2.16. The molecule has 29 heavy (non-hydrogen) atoms.